The van der Waals surface area contributed by atoms with E-state index in [1.165, 1.54) is 10.4 Å². The summed E-state index contributed by atoms with van der Waals surface area (Å²) in [6, 6.07) is 16.5. The largest absolute Gasteiger partial charge is 0.354 e. The zero-order valence-corrected chi connectivity index (χ0v) is 17.4. The maximum Gasteiger partial charge on any atom is 0.244 e. The number of hydrogen-bond donors (Lipinski definition) is 2. The summed E-state index contributed by atoms with van der Waals surface area (Å²) in [5.41, 5.74) is 2.37. The normalized spacial score (nSPS) is 15.3. The fourth-order valence-corrected chi connectivity index (χ4v) is 4.71. The van der Waals surface area contributed by atoms with Crippen LogP contribution >= 0.6 is 0 Å². The Hall–Kier alpha value is -3.13. The smallest absolute Gasteiger partial charge is 0.244 e. The molecule has 2 aromatic carbocycles. The van der Waals surface area contributed by atoms with E-state index in [1.807, 2.05) is 30.3 Å². The molecule has 0 aliphatic carbocycles. The third-order valence-corrected chi connectivity index (χ3v) is 6.53. The van der Waals surface area contributed by atoms with Crippen LogP contribution in [0.4, 0.5) is 5.69 Å². The lowest BCUT2D eigenvalue weighted by Gasteiger charge is -2.16. The first-order valence-electron chi connectivity index (χ1n) is 9.81. The summed E-state index contributed by atoms with van der Waals surface area (Å²) in [5, 5.41) is 5.48. The first kappa shape index (κ1) is 21.6. The Morgan fingerprint density at radius 1 is 0.967 bits per heavy atom. The molecule has 1 heterocycles. The third-order valence-electron chi connectivity index (χ3n) is 4.66. The first-order valence-corrected chi connectivity index (χ1v) is 11.4. The van der Waals surface area contributed by atoms with Crippen molar-refractivity contribution in [1.29, 1.82) is 0 Å². The highest BCUT2D eigenvalue weighted by atomic mass is 32.2. The Morgan fingerprint density at radius 2 is 1.67 bits per heavy atom. The quantitative estimate of drug-likeness (QED) is 0.495. The summed E-state index contributed by atoms with van der Waals surface area (Å²) in [6.07, 6.45) is 4.01. The number of nitrogens with zero attached hydrogens (tertiary/aromatic N) is 1. The molecule has 0 spiro atoms. The van der Waals surface area contributed by atoms with Gasteiger partial charge in [0.1, 0.15) is 0 Å². The molecule has 1 fully saturated rings. The molecule has 1 saturated heterocycles. The highest BCUT2D eigenvalue weighted by molar-refractivity contribution is 7.93. The lowest BCUT2D eigenvalue weighted by atomic mass is 10.1. The highest BCUT2D eigenvalue weighted by Gasteiger charge is 2.28. The van der Waals surface area contributed by atoms with Gasteiger partial charge in [-0.25, -0.2) is 8.42 Å². The summed E-state index contributed by atoms with van der Waals surface area (Å²) in [7, 11) is -3.19. The molecule has 0 radical (unpaired) electrons. The minimum atomic E-state index is -3.19. The Kier molecular flexibility index (Phi) is 7.24. The molecule has 158 valence electrons. The maximum atomic E-state index is 12.0. The van der Waals surface area contributed by atoms with Crippen LogP contribution in [0.15, 0.2) is 60.7 Å². The molecule has 3 rings (SSSR count). The third kappa shape index (κ3) is 6.18. The number of amides is 2. The van der Waals surface area contributed by atoms with Gasteiger partial charge in [0.2, 0.25) is 21.8 Å². The number of carbonyl (C=O) groups is 2. The van der Waals surface area contributed by atoms with Crippen LogP contribution in [0.1, 0.15) is 17.5 Å². The number of sulfonamides is 1. The van der Waals surface area contributed by atoms with Crippen molar-refractivity contribution >= 4 is 33.6 Å². The lowest BCUT2D eigenvalue weighted by Crippen LogP contribution is -2.34. The second kappa shape index (κ2) is 10.1. The number of carbonyl (C=O) groups excluding carboxylic acids is 2. The van der Waals surface area contributed by atoms with Crippen LogP contribution in [0.2, 0.25) is 0 Å². The summed E-state index contributed by atoms with van der Waals surface area (Å²) in [6.45, 7) is 1.18. The zero-order valence-electron chi connectivity index (χ0n) is 16.6. The van der Waals surface area contributed by atoms with Crippen molar-refractivity contribution < 1.29 is 18.0 Å². The van der Waals surface area contributed by atoms with Gasteiger partial charge in [0.15, 0.2) is 0 Å². The van der Waals surface area contributed by atoms with E-state index in [2.05, 4.69) is 10.6 Å². The molecule has 0 unspecified atom stereocenters. The predicted molar refractivity (Wildman–Crippen MR) is 117 cm³/mol. The molecular formula is C22H25N3O4S. The minimum Gasteiger partial charge on any atom is -0.354 e. The summed E-state index contributed by atoms with van der Waals surface area (Å²) < 4.78 is 25.3. The van der Waals surface area contributed by atoms with Crippen LogP contribution in [0.25, 0.3) is 6.08 Å². The van der Waals surface area contributed by atoms with Crippen LogP contribution in [0, 0.1) is 0 Å². The molecule has 0 aromatic heterocycles. The molecule has 8 heteroatoms. The van der Waals surface area contributed by atoms with E-state index >= 15 is 0 Å². The van der Waals surface area contributed by atoms with Gasteiger partial charge < -0.3 is 10.6 Å². The van der Waals surface area contributed by atoms with Crippen LogP contribution in [-0.2, 0) is 26.0 Å². The van der Waals surface area contributed by atoms with Crippen molar-refractivity contribution in [3.8, 4) is 0 Å². The summed E-state index contributed by atoms with van der Waals surface area (Å²) in [5.74, 6) is -0.175. The lowest BCUT2D eigenvalue weighted by molar-refractivity contribution is -0.121. The standard InChI is InChI=1S/C22H25N3O4S/c26-21(23-13-14-24-22(27)17-19-5-2-1-3-6-19)12-9-18-7-10-20(11-8-18)25-15-4-16-30(25,28)29/h1-3,5-12H,4,13-17H2,(H,23,26)(H,24,27)/b12-9+. The molecule has 0 saturated carbocycles. The minimum absolute atomic E-state index is 0.0916. The van der Waals surface area contributed by atoms with Gasteiger partial charge in [-0.3, -0.25) is 13.9 Å². The maximum absolute atomic E-state index is 12.0. The second-order valence-electron chi connectivity index (χ2n) is 6.97. The van der Waals surface area contributed by atoms with Crippen LogP contribution in [-0.4, -0.2) is 45.6 Å². The number of benzene rings is 2. The Bertz CT molecular complexity index is 1000. The van der Waals surface area contributed by atoms with Gasteiger partial charge >= 0.3 is 0 Å². The Balaban J connectivity index is 1.39. The van der Waals surface area contributed by atoms with Crippen LogP contribution in [0.3, 0.4) is 0 Å². The molecular weight excluding hydrogens is 402 g/mol. The van der Waals surface area contributed by atoms with E-state index in [9.17, 15) is 18.0 Å². The van der Waals surface area contributed by atoms with E-state index in [0.29, 0.717) is 38.2 Å². The molecule has 0 atom stereocenters. The molecule has 2 amide bonds. The highest BCUT2D eigenvalue weighted by Crippen LogP contribution is 2.24. The second-order valence-corrected chi connectivity index (χ2v) is 8.98. The van der Waals surface area contributed by atoms with Gasteiger partial charge in [-0.1, -0.05) is 42.5 Å². The molecule has 0 bridgehead atoms. The molecule has 2 aromatic rings. The Labute approximate surface area is 176 Å². The van der Waals surface area contributed by atoms with E-state index in [1.54, 1.807) is 30.3 Å². The number of nitrogens with one attached hydrogen (secondary N) is 2. The fraction of sp³-hybridized carbons (Fsp3) is 0.273. The van der Waals surface area contributed by atoms with E-state index in [-0.39, 0.29) is 17.6 Å². The molecule has 1 aliphatic heterocycles. The SMILES string of the molecule is O=C(/C=C/c1ccc(N2CCCS2(=O)=O)cc1)NCCNC(=O)Cc1ccccc1. The average Bonchev–Trinajstić information content (AvgIpc) is 3.10. The number of anilines is 1. The number of hydrogen-bond acceptors (Lipinski definition) is 4. The van der Waals surface area contributed by atoms with Gasteiger partial charge in [0.05, 0.1) is 17.9 Å². The van der Waals surface area contributed by atoms with E-state index < -0.39 is 10.0 Å². The van der Waals surface area contributed by atoms with Crippen molar-refractivity contribution in [2.45, 2.75) is 12.8 Å². The first-order chi connectivity index (χ1) is 14.4. The van der Waals surface area contributed by atoms with Gasteiger partial charge in [-0.15, -0.1) is 0 Å². The topological polar surface area (TPSA) is 95.6 Å². The molecule has 7 nitrogen and oxygen atoms in total. The monoisotopic (exact) mass is 427 g/mol. The van der Waals surface area contributed by atoms with Crippen molar-refractivity contribution in [3.05, 3.63) is 71.8 Å². The van der Waals surface area contributed by atoms with Gasteiger partial charge in [-0.2, -0.15) is 0 Å². The Morgan fingerprint density at radius 3 is 2.33 bits per heavy atom. The van der Waals surface area contributed by atoms with Crippen molar-refractivity contribution in [3.63, 3.8) is 0 Å². The van der Waals surface area contributed by atoms with Crippen LogP contribution < -0.4 is 14.9 Å². The fourth-order valence-electron chi connectivity index (χ4n) is 3.14. The van der Waals surface area contributed by atoms with Gasteiger partial charge in [0, 0.05) is 25.7 Å². The van der Waals surface area contributed by atoms with E-state index in [0.717, 1.165) is 11.1 Å². The summed E-state index contributed by atoms with van der Waals surface area (Å²) in [4.78, 5) is 23.8. The molecule has 30 heavy (non-hydrogen) atoms. The number of rotatable bonds is 8. The van der Waals surface area contributed by atoms with Crippen LogP contribution in [0.5, 0.6) is 0 Å². The molecule has 2 N–H and O–H groups in total. The molecule has 1 aliphatic rings. The average molecular weight is 428 g/mol. The van der Waals surface area contributed by atoms with E-state index in [4.69, 9.17) is 0 Å². The van der Waals surface area contributed by atoms with Crippen molar-refractivity contribution in [2.24, 2.45) is 0 Å². The van der Waals surface area contributed by atoms with Gasteiger partial charge in [-0.05, 0) is 35.8 Å². The predicted octanol–water partition coefficient (Wildman–Crippen LogP) is 1.71. The van der Waals surface area contributed by atoms with Crippen molar-refractivity contribution in [2.75, 3.05) is 29.7 Å². The zero-order chi connectivity index (χ0) is 21.4. The van der Waals surface area contributed by atoms with Crippen molar-refractivity contribution in [1.82, 2.24) is 10.6 Å². The van der Waals surface area contributed by atoms with Gasteiger partial charge in [0.25, 0.3) is 0 Å². The summed E-state index contributed by atoms with van der Waals surface area (Å²) >= 11 is 0.